The normalized spacial score (nSPS) is 18.9. The zero-order valence-corrected chi connectivity index (χ0v) is 20.3. The SMILES string of the molecule is COc1ccc2c(c1)C1=NN(C(=O)Nc3ccc(C(C)C)cc3)C(c3ccc(Cl)cc3)C1CC2. The molecule has 0 aromatic heterocycles. The van der Waals surface area contributed by atoms with Crippen LogP contribution in [0.3, 0.4) is 0 Å². The van der Waals surface area contributed by atoms with E-state index in [0.717, 1.165) is 41.1 Å². The predicted octanol–water partition coefficient (Wildman–Crippen LogP) is 7.03. The van der Waals surface area contributed by atoms with Crippen molar-refractivity contribution in [3.05, 3.63) is 94.0 Å². The number of benzene rings is 3. The van der Waals surface area contributed by atoms with Crippen molar-refractivity contribution in [2.24, 2.45) is 11.0 Å². The number of nitrogens with one attached hydrogen (secondary N) is 1. The van der Waals surface area contributed by atoms with E-state index < -0.39 is 0 Å². The van der Waals surface area contributed by atoms with Gasteiger partial charge in [-0.2, -0.15) is 5.10 Å². The Balaban J connectivity index is 1.51. The molecule has 34 heavy (non-hydrogen) atoms. The van der Waals surface area contributed by atoms with E-state index in [1.54, 1.807) is 12.1 Å². The highest BCUT2D eigenvalue weighted by molar-refractivity contribution is 6.30. The summed E-state index contributed by atoms with van der Waals surface area (Å²) >= 11 is 6.16. The fraction of sp³-hybridized carbons (Fsp3) is 0.286. The molecule has 1 N–H and O–H groups in total. The number of urea groups is 1. The maximum Gasteiger partial charge on any atom is 0.342 e. The molecule has 5 nitrogen and oxygen atoms in total. The first-order chi connectivity index (χ1) is 16.4. The third-order valence-corrected chi connectivity index (χ3v) is 7.03. The molecule has 2 unspecified atom stereocenters. The van der Waals surface area contributed by atoms with Crippen LogP contribution in [-0.2, 0) is 6.42 Å². The average molecular weight is 474 g/mol. The Morgan fingerprint density at radius 2 is 1.82 bits per heavy atom. The van der Waals surface area contributed by atoms with Crippen molar-refractivity contribution < 1.29 is 9.53 Å². The van der Waals surface area contributed by atoms with Crippen LogP contribution in [0.15, 0.2) is 71.8 Å². The van der Waals surface area contributed by atoms with E-state index in [9.17, 15) is 4.79 Å². The zero-order valence-electron chi connectivity index (χ0n) is 19.6. The first kappa shape index (κ1) is 22.5. The van der Waals surface area contributed by atoms with Gasteiger partial charge in [-0.15, -0.1) is 0 Å². The number of halogens is 1. The van der Waals surface area contributed by atoms with E-state index in [0.29, 0.717) is 10.9 Å². The zero-order chi connectivity index (χ0) is 23.8. The second kappa shape index (κ2) is 9.15. The summed E-state index contributed by atoms with van der Waals surface area (Å²) in [6.45, 7) is 4.30. The van der Waals surface area contributed by atoms with Gasteiger partial charge in [0.15, 0.2) is 0 Å². The highest BCUT2D eigenvalue weighted by atomic mass is 35.5. The number of hydrogen-bond donors (Lipinski definition) is 1. The van der Waals surface area contributed by atoms with Gasteiger partial charge in [0.25, 0.3) is 0 Å². The lowest BCUT2D eigenvalue weighted by atomic mass is 9.77. The molecule has 6 heteroatoms. The minimum absolute atomic E-state index is 0.0925. The molecule has 3 aromatic rings. The number of rotatable bonds is 4. The fourth-order valence-electron chi connectivity index (χ4n) is 4.91. The Hall–Kier alpha value is -3.31. The summed E-state index contributed by atoms with van der Waals surface area (Å²) in [5.74, 6) is 1.32. The van der Waals surface area contributed by atoms with Crippen LogP contribution in [0.2, 0.25) is 5.02 Å². The summed E-state index contributed by atoms with van der Waals surface area (Å²) in [6, 6.07) is 21.4. The molecular formula is C28H28ClN3O2. The van der Waals surface area contributed by atoms with Gasteiger partial charge in [0.2, 0.25) is 0 Å². The van der Waals surface area contributed by atoms with Crippen LogP contribution in [0.1, 0.15) is 54.5 Å². The maximum atomic E-state index is 13.5. The van der Waals surface area contributed by atoms with Gasteiger partial charge < -0.3 is 10.1 Å². The van der Waals surface area contributed by atoms with Gasteiger partial charge in [-0.1, -0.05) is 55.8 Å². The Kier molecular flexibility index (Phi) is 6.05. The average Bonchev–Trinajstić information content (AvgIpc) is 3.25. The molecular weight excluding hydrogens is 446 g/mol. The largest absolute Gasteiger partial charge is 0.497 e. The van der Waals surface area contributed by atoms with E-state index in [4.69, 9.17) is 21.4 Å². The standard InChI is InChI=1S/C28H28ClN3O2/c1-17(2)18-6-12-22(13-7-18)30-28(33)32-27(20-4-10-21(29)11-5-20)24-15-9-19-8-14-23(34-3)16-25(19)26(24)31-32/h4-8,10-14,16-17,24,27H,9,15H2,1-3H3,(H,30,33). The van der Waals surface area contributed by atoms with Crippen molar-refractivity contribution in [1.82, 2.24) is 5.01 Å². The van der Waals surface area contributed by atoms with Crippen LogP contribution in [0.5, 0.6) is 5.75 Å². The molecule has 0 bridgehead atoms. The summed E-state index contributed by atoms with van der Waals surface area (Å²) in [5.41, 5.74) is 6.23. The molecule has 5 rings (SSSR count). The molecule has 0 saturated heterocycles. The number of ether oxygens (including phenoxy) is 1. The number of carbonyl (C=O) groups excluding carboxylic acids is 1. The number of fused-ring (bicyclic) bond motifs is 3. The monoisotopic (exact) mass is 473 g/mol. The fourth-order valence-corrected chi connectivity index (χ4v) is 5.03. The van der Waals surface area contributed by atoms with Gasteiger partial charge >= 0.3 is 6.03 Å². The minimum atomic E-state index is -0.247. The molecule has 2 amide bonds. The second-order valence-electron chi connectivity index (χ2n) is 9.20. The third-order valence-electron chi connectivity index (χ3n) is 6.78. The smallest absolute Gasteiger partial charge is 0.342 e. The highest BCUT2D eigenvalue weighted by Gasteiger charge is 2.44. The van der Waals surface area contributed by atoms with Crippen LogP contribution < -0.4 is 10.1 Å². The molecule has 0 fully saturated rings. The summed E-state index contributed by atoms with van der Waals surface area (Å²) in [7, 11) is 1.67. The minimum Gasteiger partial charge on any atom is -0.497 e. The molecule has 0 radical (unpaired) electrons. The molecule has 3 aromatic carbocycles. The number of aryl methyl sites for hydroxylation is 1. The first-order valence-electron chi connectivity index (χ1n) is 11.7. The molecule has 0 spiro atoms. The van der Waals surface area contributed by atoms with Gasteiger partial charge in [-0.3, -0.25) is 0 Å². The number of nitrogens with zero attached hydrogens (tertiary/aromatic N) is 2. The summed E-state index contributed by atoms with van der Waals surface area (Å²) in [6.07, 6.45) is 1.84. The predicted molar refractivity (Wildman–Crippen MR) is 137 cm³/mol. The molecule has 2 atom stereocenters. The highest BCUT2D eigenvalue weighted by Crippen LogP contribution is 2.44. The Bertz CT molecular complexity index is 1240. The quantitative estimate of drug-likeness (QED) is 0.442. The van der Waals surface area contributed by atoms with Gasteiger partial charge in [0, 0.05) is 22.2 Å². The van der Waals surface area contributed by atoms with Crippen molar-refractivity contribution in [2.75, 3.05) is 12.4 Å². The maximum absolute atomic E-state index is 13.5. The topological polar surface area (TPSA) is 53.9 Å². The third kappa shape index (κ3) is 4.16. The van der Waals surface area contributed by atoms with Crippen molar-refractivity contribution in [3.63, 3.8) is 0 Å². The molecule has 1 aliphatic heterocycles. The van der Waals surface area contributed by atoms with Crippen LogP contribution >= 0.6 is 11.6 Å². The lowest BCUT2D eigenvalue weighted by Gasteiger charge is -2.30. The number of hydrazone groups is 1. The van der Waals surface area contributed by atoms with Crippen molar-refractivity contribution in [1.29, 1.82) is 0 Å². The van der Waals surface area contributed by atoms with Gasteiger partial charge in [-0.05, 0) is 71.8 Å². The number of anilines is 1. The van der Waals surface area contributed by atoms with E-state index >= 15 is 0 Å². The summed E-state index contributed by atoms with van der Waals surface area (Å²) < 4.78 is 5.47. The van der Waals surface area contributed by atoms with E-state index in [2.05, 4.69) is 37.4 Å². The van der Waals surface area contributed by atoms with Crippen LogP contribution in [-0.4, -0.2) is 23.9 Å². The van der Waals surface area contributed by atoms with Crippen molar-refractivity contribution >= 4 is 29.0 Å². The summed E-state index contributed by atoms with van der Waals surface area (Å²) in [4.78, 5) is 13.5. The molecule has 0 saturated carbocycles. The Morgan fingerprint density at radius 1 is 1.09 bits per heavy atom. The number of methoxy groups -OCH3 is 1. The molecule has 174 valence electrons. The van der Waals surface area contributed by atoms with Crippen LogP contribution in [0.4, 0.5) is 10.5 Å². The van der Waals surface area contributed by atoms with Crippen LogP contribution in [0.25, 0.3) is 0 Å². The van der Waals surface area contributed by atoms with E-state index in [1.807, 2.05) is 48.5 Å². The molecule has 1 heterocycles. The molecule has 2 aliphatic rings. The van der Waals surface area contributed by atoms with Crippen LogP contribution in [0, 0.1) is 5.92 Å². The second-order valence-corrected chi connectivity index (χ2v) is 9.64. The van der Waals surface area contributed by atoms with E-state index in [-0.39, 0.29) is 18.0 Å². The summed E-state index contributed by atoms with van der Waals surface area (Å²) in [5, 5.41) is 10.2. The molecule has 1 aliphatic carbocycles. The Labute approximate surface area is 205 Å². The first-order valence-corrected chi connectivity index (χ1v) is 12.0. The van der Waals surface area contributed by atoms with Crippen molar-refractivity contribution in [2.45, 2.75) is 38.6 Å². The number of hydrogen-bond acceptors (Lipinski definition) is 3. The van der Waals surface area contributed by atoms with Gasteiger partial charge in [0.05, 0.1) is 18.9 Å². The lowest BCUT2D eigenvalue weighted by Crippen LogP contribution is -2.34. The van der Waals surface area contributed by atoms with E-state index in [1.165, 1.54) is 11.1 Å². The van der Waals surface area contributed by atoms with Crippen molar-refractivity contribution in [3.8, 4) is 5.75 Å². The van der Waals surface area contributed by atoms with Gasteiger partial charge in [0.1, 0.15) is 5.75 Å². The lowest BCUT2D eigenvalue weighted by molar-refractivity contribution is 0.188. The van der Waals surface area contributed by atoms with Gasteiger partial charge in [-0.25, -0.2) is 9.80 Å². The number of carbonyl (C=O) groups is 1. The Morgan fingerprint density at radius 3 is 2.50 bits per heavy atom. The number of amides is 2.